The van der Waals surface area contributed by atoms with Gasteiger partial charge in [-0.15, -0.1) is 0 Å². The van der Waals surface area contributed by atoms with Crippen molar-refractivity contribution >= 4 is 5.91 Å². The molecule has 0 N–H and O–H groups in total. The summed E-state index contributed by atoms with van der Waals surface area (Å²) in [7, 11) is 1.60. The van der Waals surface area contributed by atoms with E-state index in [0.717, 1.165) is 0 Å². The lowest BCUT2D eigenvalue weighted by Gasteiger charge is -2.18. The molecule has 84 valence electrons. The molecule has 1 aromatic carbocycles. The molecule has 0 aliphatic rings. The highest BCUT2D eigenvalue weighted by atomic mass is 19.1. The van der Waals surface area contributed by atoms with Crippen molar-refractivity contribution in [3.05, 3.63) is 35.6 Å². The molecule has 0 radical (unpaired) electrons. The summed E-state index contributed by atoms with van der Waals surface area (Å²) in [5.41, 5.74) is 0.299. The second-order valence-corrected chi connectivity index (χ2v) is 3.73. The molecule has 3 nitrogen and oxygen atoms in total. The first-order chi connectivity index (χ1) is 7.54. The minimum Gasteiger partial charge on any atom is -0.340 e. The fourth-order valence-corrected chi connectivity index (χ4v) is 1.38. The third-order valence-electron chi connectivity index (χ3n) is 2.19. The molecular weight excluding hydrogens is 207 g/mol. The minimum atomic E-state index is -0.437. The molecule has 0 heterocycles. The van der Waals surface area contributed by atoms with Crippen LogP contribution in [0.25, 0.3) is 0 Å². The summed E-state index contributed by atoms with van der Waals surface area (Å²) < 4.78 is 12.9. The van der Waals surface area contributed by atoms with Crippen LogP contribution in [0.15, 0.2) is 24.3 Å². The highest BCUT2D eigenvalue weighted by Gasteiger charge is 2.14. The quantitative estimate of drug-likeness (QED) is 0.782. The van der Waals surface area contributed by atoms with Gasteiger partial charge in [-0.05, 0) is 25.1 Å². The van der Waals surface area contributed by atoms with Crippen LogP contribution < -0.4 is 0 Å². The maximum absolute atomic E-state index is 12.9. The standard InChI is InChI=1S/C12H13FN2O/c1-9(7-14)8-15(2)12(16)10-4-3-5-11(13)6-10/h3-6,9H,8H2,1-2H3. The number of nitrogens with zero attached hydrogens (tertiary/aromatic N) is 2. The lowest BCUT2D eigenvalue weighted by Crippen LogP contribution is -2.30. The molecule has 1 atom stereocenters. The average Bonchev–Trinajstić information content (AvgIpc) is 2.27. The van der Waals surface area contributed by atoms with E-state index in [0.29, 0.717) is 12.1 Å². The van der Waals surface area contributed by atoms with Gasteiger partial charge < -0.3 is 4.90 Å². The molecule has 4 heteroatoms. The van der Waals surface area contributed by atoms with E-state index in [1.165, 1.54) is 23.1 Å². The monoisotopic (exact) mass is 220 g/mol. The fraction of sp³-hybridized carbons (Fsp3) is 0.333. The minimum absolute atomic E-state index is 0.234. The third kappa shape index (κ3) is 3.06. The van der Waals surface area contributed by atoms with E-state index in [1.807, 2.05) is 6.07 Å². The predicted molar refractivity (Wildman–Crippen MR) is 58.1 cm³/mol. The van der Waals surface area contributed by atoms with Crippen LogP contribution in [0.5, 0.6) is 0 Å². The summed E-state index contributed by atoms with van der Waals surface area (Å²) >= 11 is 0. The molecule has 0 aliphatic heterocycles. The van der Waals surface area contributed by atoms with E-state index in [9.17, 15) is 9.18 Å². The lowest BCUT2D eigenvalue weighted by molar-refractivity contribution is 0.0784. The fourth-order valence-electron chi connectivity index (χ4n) is 1.38. The summed E-state index contributed by atoms with van der Waals surface area (Å²) in [6.45, 7) is 2.07. The lowest BCUT2D eigenvalue weighted by atomic mass is 10.1. The van der Waals surface area contributed by atoms with E-state index in [-0.39, 0.29) is 11.8 Å². The Morgan fingerprint density at radius 1 is 1.62 bits per heavy atom. The first kappa shape index (κ1) is 12.2. The molecular formula is C12H13FN2O. The topological polar surface area (TPSA) is 44.1 Å². The van der Waals surface area contributed by atoms with Gasteiger partial charge in [0.25, 0.3) is 5.91 Å². The second-order valence-electron chi connectivity index (χ2n) is 3.73. The van der Waals surface area contributed by atoms with Crippen LogP contribution in [0.2, 0.25) is 0 Å². The molecule has 1 aromatic rings. The van der Waals surface area contributed by atoms with Crippen molar-refractivity contribution in [3.8, 4) is 6.07 Å². The number of carbonyl (C=O) groups is 1. The van der Waals surface area contributed by atoms with Crippen LogP contribution in [0.1, 0.15) is 17.3 Å². The zero-order chi connectivity index (χ0) is 12.1. The van der Waals surface area contributed by atoms with Gasteiger partial charge in [-0.25, -0.2) is 4.39 Å². The molecule has 0 bridgehead atoms. The van der Waals surface area contributed by atoms with Crippen LogP contribution in [0.4, 0.5) is 4.39 Å². The number of rotatable bonds is 3. The van der Waals surface area contributed by atoms with Crippen LogP contribution in [0.3, 0.4) is 0 Å². The number of nitriles is 1. The maximum Gasteiger partial charge on any atom is 0.253 e. The largest absolute Gasteiger partial charge is 0.340 e. The highest BCUT2D eigenvalue weighted by molar-refractivity contribution is 5.94. The van der Waals surface area contributed by atoms with Crippen molar-refractivity contribution in [2.75, 3.05) is 13.6 Å². The van der Waals surface area contributed by atoms with Gasteiger partial charge in [0.15, 0.2) is 0 Å². The van der Waals surface area contributed by atoms with Crippen molar-refractivity contribution in [2.45, 2.75) is 6.92 Å². The molecule has 0 spiro atoms. The summed E-state index contributed by atoms with van der Waals surface area (Å²) in [5, 5.41) is 8.63. The van der Waals surface area contributed by atoms with Gasteiger partial charge in [0.1, 0.15) is 5.82 Å². The normalized spacial score (nSPS) is 11.6. The Kier molecular flexibility index (Phi) is 4.01. The Labute approximate surface area is 94.1 Å². The van der Waals surface area contributed by atoms with Gasteiger partial charge in [-0.1, -0.05) is 6.07 Å². The van der Waals surface area contributed by atoms with Gasteiger partial charge in [-0.3, -0.25) is 4.79 Å². The number of halogens is 1. The molecule has 16 heavy (non-hydrogen) atoms. The van der Waals surface area contributed by atoms with E-state index in [2.05, 4.69) is 0 Å². The van der Waals surface area contributed by atoms with Gasteiger partial charge in [0.05, 0.1) is 12.0 Å². The number of carbonyl (C=O) groups excluding carboxylic acids is 1. The molecule has 0 aliphatic carbocycles. The average molecular weight is 220 g/mol. The van der Waals surface area contributed by atoms with E-state index in [4.69, 9.17) is 5.26 Å². The molecule has 1 rings (SSSR count). The summed E-state index contributed by atoms with van der Waals surface area (Å²) in [5.74, 6) is -0.948. The third-order valence-corrected chi connectivity index (χ3v) is 2.19. The van der Waals surface area contributed by atoms with Crippen LogP contribution in [-0.2, 0) is 0 Å². The smallest absolute Gasteiger partial charge is 0.253 e. The molecule has 0 saturated heterocycles. The number of hydrogen-bond donors (Lipinski definition) is 0. The predicted octanol–water partition coefficient (Wildman–Crippen LogP) is 2.06. The van der Waals surface area contributed by atoms with E-state index >= 15 is 0 Å². The van der Waals surface area contributed by atoms with Gasteiger partial charge in [0, 0.05) is 19.2 Å². The molecule has 0 aromatic heterocycles. The van der Waals surface area contributed by atoms with Gasteiger partial charge >= 0.3 is 0 Å². The van der Waals surface area contributed by atoms with Crippen molar-refractivity contribution in [2.24, 2.45) is 5.92 Å². The highest BCUT2D eigenvalue weighted by Crippen LogP contribution is 2.07. The summed E-state index contributed by atoms with van der Waals surface area (Å²) in [6, 6.07) is 7.57. The second kappa shape index (κ2) is 5.26. The number of benzene rings is 1. The summed E-state index contributed by atoms with van der Waals surface area (Å²) in [4.78, 5) is 13.2. The van der Waals surface area contributed by atoms with Gasteiger partial charge in [-0.2, -0.15) is 5.26 Å². The zero-order valence-corrected chi connectivity index (χ0v) is 9.27. The van der Waals surface area contributed by atoms with Crippen LogP contribution in [0, 0.1) is 23.1 Å². The zero-order valence-electron chi connectivity index (χ0n) is 9.27. The Morgan fingerprint density at radius 2 is 2.31 bits per heavy atom. The van der Waals surface area contributed by atoms with Gasteiger partial charge in [0.2, 0.25) is 0 Å². The molecule has 0 fully saturated rings. The van der Waals surface area contributed by atoms with Crippen molar-refractivity contribution in [1.29, 1.82) is 5.26 Å². The Morgan fingerprint density at radius 3 is 2.88 bits per heavy atom. The summed E-state index contributed by atoms with van der Waals surface area (Å²) in [6.07, 6.45) is 0. The molecule has 0 saturated carbocycles. The van der Waals surface area contributed by atoms with E-state index < -0.39 is 5.82 Å². The maximum atomic E-state index is 12.9. The Balaban J connectivity index is 2.75. The first-order valence-corrected chi connectivity index (χ1v) is 4.95. The molecule has 1 unspecified atom stereocenters. The SMILES string of the molecule is CC(C#N)CN(C)C(=O)c1cccc(F)c1. The number of hydrogen-bond acceptors (Lipinski definition) is 2. The first-order valence-electron chi connectivity index (χ1n) is 4.95. The Hall–Kier alpha value is -1.89. The van der Waals surface area contributed by atoms with Crippen molar-refractivity contribution in [3.63, 3.8) is 0 Å². The van der Waals surface area contributed by atoms with Crippen LogP contribution in [-0.4, -0.2) is 24.4 Å². The van der Waals surface area contributed by atoms with E-state index in [1.54, 1.807) is 20.0 Å². The Bertz CT molecular complexity index is 425. The molecule has 1 amide bonds. The number of amides is 1. The van der Waals surface area contributed by atoms with Crippen molar-refractivity contribution in [1.82, 2.24) is 4.90 Å². The van der Waals surface area contributed by atoms with Crippen LogP contribution >= 0.6 is 0 Å². The van der Waals surface area contributed by atoms with Crippen molar-refractivity contribution < 1.29 is 9.18 Å².